The van der Waals surface area contributed by atoms with E-state index in [2.05, 4.69) is 11.1 Å². The molecule has 0 unspecified atom stereocenters. The lowest BCUT2D eigenvalue weighted by molar-refractivity contribution is 0.499. The van der Waals surface area contributed by atoms with Crippen LogP contribution in [0.15, 0.2) is 27.7 Å². The van der Waals surface area contributed by atoms with Crippen molar-refractivity contribution < 1.29 is 4.42 Å². The molecule has 1 aromatic rings. The molecule has 0 atom stereocenters. The van der Waals surface area contributed by atoms with E-state index in [9.17, 15) is 4.79 Å². The zero-order valence-corrected chi connectivity index (χ0v) is 7.32. The van der Waals surface area contributed by atoms with Gasteiger partial charge in [-0.15, -0.1) is 0 Å². The predicted octanol–water partition coefficient (Wildman–Crippen LogP) is 1.99. The van der Waals surface area contributed by atoms with Crippen LogP contribution in [0, 0.1) is 0 Å². The van der Waals surface area contributed by atoms with Crippen molar-refractivity contribution in [2.24, 2.45) is 0 Å². The molecule has 1 heterocycles. The van der Waals surface area contributed by atoms with Crippen LogP contribution in [0.5, 0.6) is 0 Å². The van der Waals surface area contributed by atoms with Gasteiger partial charge in [-0.3, -0.25) is 0 Å². The first kappa shape index (κ1) is 8.23. The number of nitrogens with zero attached hydrogens (tertiary/aromatic N) is 1. The molecule has 0 fully saturated rings. The third-order valence-corrected chi connectivity index (χ3v) is 2.22. The van der Waals surface area contributed by atoms with Gasteiger partial charge in [-0.1, -0.05) is 6.08 Å². The van der Waals surface area contributed by atoms with Crippen molar-refractivity contribution in [3.8, 4) is 0 Å². The van der Waals surface area contributed by atoms with Gasteiger partial charge in [-0.2, -0.15) is 0 Å². The Labute approximate surface area is 76.1 Å². The van der Waals surface area contributed by atoms with Gasteiger partial charge in [-0.25, -0.2) is 9.78 Å². The maximum absolute atomic E-state index is 10.7. The molecule has 68 valence electrons. The minimum Gasteiger partial charge on any atom is -0.428 e. The van der Waals surface area contributed by atoms with E-state index in [1.807, 2.05) is 0 Å². The lowest BCUT2D eigenvalue weighted by atomic mass is 9.98. The van der Waals surface area contributed by atoms with E-state index in [-0.39, 0.29) is 5.63 Å². The third kappa shape index (κ3) is 1.86. The molecule has 1 aliphatic rings. The Morgan fingerprint density at radius 1 is 1.38 bits per heavy atom. The van der Waals surface area contributed by atoms with Gasteiger partial charge in [0.15, 0.2) is 0 Å². The molecule has 0 N–H and O–H groups in total. The zero-order chi connectivity index (χ0) is 9.10. The van der Waals surface area contributed by atoms with Crippen LogP contribution in [0.2, 0.25) is 0 Å². The maximum Gasteiger partial charge on any atom is 0.354 e. The molecule has 0 saturated heterocycles. The quantitative estimate of drug-likeness (QED) is 0.658. The standard InChI is InChI=1S/C10H11NO2/c12-10-6-11-9(7-13-10)8-4-2-1-3-5-8/h4,6-7H,1-3,5H2. The van der Waals surface area contributed by atoms with E-state index < -0.39 is 0 Å². The summed E-state index contributed by atoms with van der Waals surface area (Å²) in [6.07, 6.45) is 9.44. The monoisotopic (exact) mass is 177 g/mol. The second kappa shape index (κ2) is 3.56. The fraction of sp³-hybridized carbons (Fsp3) is 0.400. The fourth-order valence-electron chi connectivity index (χ4n) is 1.53. The summed E-state index contributed by atoms with van der Waals surface area (Å²) >= 11 is 0. The molecule has 13 heavy (non-hydrogen) atoms. The molecule has 3 heteroatoms. The summed E-state index contributed by atoms with van der Waals surface area (Å²) in [7, 11) is 0. The summed E-state index contributed by atoms with van der Waals surface area (Å²) in [6.45, 7) is 0. The predicted molar refractivity (Wildman–Crippen MR) is 49.2 cm³/mol. The first-order valence-corrected chi connectivity index (χ1v) is 4.50. The number of hydrogen-bond donors (Lipinski definition) is 0. The molecule has 0 aliphatic heterocycles. The van der Waals surface area contributed by atoms with Crippen LogP contribution >= 0.6 is 0 Å². The van der Waals surface area contributed by atoms with E-state index in [4.69, 9.17) is 4.42 Å². The Kier molecular flexibility index (Phi) is 2.25. The van der Waals surface area contributed by atoms with Crippen molar-refractivity contribution in [3.05, 3.63) is 34.7 Å². The van der Waals surface area contributed by atoms with Gasteiger partial charge in [0.1, 0.15) is 18.2 Å². The number of aromatic nitrogens is 1. The fourth-order valence-corrected chi connectivity index (χ4v) is 1.53. The molecule has 0 radical (unpaired) electrons. The Balaban J connectivity index is 2.29. The first-order valence-electron chi connectivity index (χ1n) is 4.50. The molecule has 1 aliphatic carbocycles. The SMILES string of the molecule is O=c1cnc(C2=CCCCC2)co1. The van der Waals surface area contributed by atoms with Crippen molar-refractivity contribution in [2.45, 2.75) is 25.7 Å². The molecule has 1 aromatic heterocycles. The van der Waals surface area contributed by atoms with Gasteiger partial charge in [-0.05, 0) is 31.3 Å². The van der Waals surface area contributed by atoms with Crippen molar-refractivity contribution in [1.29, 1.82) is 0 Å². The highest BCUT2D eigenvalue weighted by molar-refractivity contribution is 5.61. The lowest BCUT2D eigenvalue weighted by Crippen LogP contribution is -2.01. The Bertz CT molecular complexity index is 358. The molecular weight excluding hydrogens is 166 g/mol. The highest BCUT2D eigenvalue weighted by atomic mass is 16.4. The normalized spacial score (nSPS) is 16.8. The van der Waals surface area contributed by atoms with Gasteiger partial charge in [0.25, 0.3) is 0 Å². The van der Waals surface area contributed by atoms with Crippen LogP contribution in [-0.4, -0.2) is 4.98 Å². The van der Waals surface area contributed by atoms with Crippen molar-refractivity contribution in [3.63, 3.8) is 0 Å². The average Bonchev–Trinajstić information content (AvgIpc) is 2.20. The van der Waals surface area contributed by atoms with Gasteiger partial charge in [0, 0.05) is 0 Å². The van der Waals surface area contributed by atoms with Crippen LogP contribution in [-0.2, 0) is 0 Å². The van der Waals surface area contributed by atoms with E-state index in [0.717, 1.165) is 18.5 Å². The summed E-state index contributed by atoms with van der Waals surface area (Å²) < 4.78 is 4.75. The summed E-state index contributed by atoms with van der Waals surface area (Å²) in [4.78, 5) is 14.7. The minimum atomic E-state index is -0.389. The summed E-state index contributed by atoms with van der Waals surface area (Å²) in [5.41, 5.74) is 1.62. The Hall–Kier alpha value is -1.38. The molecule has 0 amide bonds. The van der Waals surface area contributed by atoms with Crippen LogP contribution in [0.4, 0.5) is 0 Å². The minimum absolute atomic E-state index is 0.389. The van der Waals surface area contributed by atoms with Gasteiger partial charge >= 0.3 is 5.63 Å². The van der Waals surface area contributed by atoms with Gasteiger partial charge in [0.05, 0.1) is 0 Å². The summed E-state index contributed by atoms with van der Waals surface area (Å²) in [5.74, 6) is 0. The molecule has 0 spiro atoms. The molecule has 3 nitrogen and oxygen atoms in total. The van der Waals surface area contributed by atoms with E-state index in [1.54, 1.807) is 0 Å². The Morgan fingerprint density at radius 2 is 2.31 bits per heavy atom. The first-order chi connectivity index (χ1) is 6.36. The Morgan fingerprint density at radius 3 is 2.92 bits per heavy atom. The highest BCUT2D eigenvalue weighted by Crippen LogP contribution is 2.24. The smallest absolute Gasteiger partial charge is 0.354 e. The van der Waals surface area contributed by atoms with Crippen molar-refractivity contribution in [1.82, 2.24) is 4.98 Å². The number of allylic oxidation sites excluding steroid dienone is 2. The van der Waals surface area contributed by atoms with Crippen molar-refractivity contribution >= 4 is 5.57 Å². The molecule has 0 aromatic carbocycles. The van der Waals surface area contributed by atoms with Crippen LogP contribution in [0.3, 0.4) is 0 Å². The average molecular weight is 177 g/mol. The molecule has 0 saturated carbocycles. The molecule has 2 rings (SSSR count). The van der Waals surface area contributed by atoms with Crippen molar-refractivity contribution in [2.75, 3.05) is 0 Å². The third-order valence-electron chi connectivity index (χ3n) is 2.22. The molecule has 0 bridgehead atoms. The van der Waals surface area contributed by atoms with E-state index in [0.29, 0.717) is 0 Å². The van der Waals surface area contributed by atoms with E-state index >= 15 is 0 Å². The van der Waals surface area contributed by atoms with Crippen LogP contribution in [0.1, 0.15) is 31.4 Å². The lowest BCUT2D eigenvalue weighted by Gasteiger charge is -2.10. The largest absolute Gasteiger partial charge is 0.428 e. The highest BCUT2D eigenvalue weighted by Gasteiger charge is 2.07. The number of rotatable bonds is 1. The maximum atomic E-state index is 10.7. The summed E-state index contributed by atoms with van der Waals surface area (Å²) in [5, 5.41) is 0. The second-order valence-corrected chi connectivity index (χ2v) is 3.17. The van der Waals surface area contributed by atoms with Gasteiger partial charge in [0.2, 0.25) is 0 Å². The van der Waals surface area contributed by atoms with Crippen LogP contribution < -0.4 is 5.63 Å². The molecular formula is C10H11NO2. The van der Waals surface area contributed by atoms with Crippen LogP contribution in [0.25, 0.3) is 5.57 Å². The topological polar surface area (TPSA) is 43.1 Å². The zero-order valence-electron chi connectivity index (χ0n) is 7.32. The van der Waals surface area contributed by atoms with Gasteiger partial charge < -0.3 is 4.42 Å². The summed E-state index contributed by atoms with van der Waals surface area (Å²) in [6, 6.07) is 0. The number of hydrogen-bond acceptors (Lipinski definition) is 3. The second-order valence-electron chi connectivity index (χ2n) is 3.17. The van der Waals surface area contributed by atoms with E-state index in [1.165, 1.54) is 30.9 Å².